The van der Waals surface area contributed by atoms with Crippen molar-refractivity contribution in [3.05, 3.63) is 35.9 Å². The molecular formula is C15H17N3O4. The van der Waals surface area contributed by atoms with E-state index < -0.39 is 23.8 Å². The van der Waals surface area contributed by atoms with Crippen LogP contribution in [-0.2, 0) is 14.4 Å². The van der Waals surface area contributed by atoms with Gasteiger partial charge in [-0.1, -0.05) is 30.3 Å². The Morgan fingerprint density at radius 1 is 1.23 bits per heavy atom. The minimum atomic E-state index is -0.808. The van der Waals surface area contributed by atoms with Gasteiger partial charge in [-0.15, -0.1) is 0 Å². The number of rotatable bonds is 5. The van der Waals surface area contributed by atoms with E-state index in [4.69, 9.17) is 5.73 Å². The second kappa shape index (κ2) is 6.95. The third-order valence-electron chi connectivity index (χ3n) is 3.43. The maximum Gasteiger partial charge on any atom is 0.252 e. The fourth-order valence-corrected chi connectivity index (χ4v) is 2.25. The number of hydrogen-bond donors (Lipinski definition) is 2. The Morgan fingerprint density at radius 2 is 1.91 bits per heavy atom. The van der Waals surface area contributed by atoms with Crippen LogP contribution in [0.2, 0.25) is 0 Å². The summed E-state index contributed by atoms with van der Waals surface area (Å²) in [4.78, 5) is 48.5. The Balaban J connectivity index is 2.08. The van der Waals surface area contributed by atoms with Crippen molar-refractivity contribution >= 4 is 23.5 Å². The summed E-state index contributed by atoms with van der Waals surface area (Å²) in [5.74, 6) is -1.77. The molecule has 0 saturated carbocycles. The molecule has 0 bridgehead atoms. The van der Waals surface area contributed by atoms with E-state index in [0.29, 0.717) is 5.56 Å². The van der Waals surface area contributed by atoms with Crippen molar-refractivity contribution in [2.75, 3.05) is 13.1 Å². The molecule has 1 aromatic rings. The molecule has 0 radical (unpaired) electrons. The van der Waals surface area contributed by atoms with Crippen LogP contribution in [0.15, 0.2) is 30.3 Å². The smallest absolute Gasteiger partial charge is 0.252 e. The molecule has 7 nitrogen and oxygen atoms in total. The summed E-state index contributed by atoms with van der Waals surface area (Å²) in [5.41, 5.74) is 5.62. The molecular weight excluding hydrogens is 286 g/mol. The van der Waals surface area contributed by atoms with Crippen LogP contribution < -0.4 is 11.1 Å². The van der Waals surface area contributed by atoms with Gasteiger partial charge < -0.3 is 11.1 Å². The fraction of sp³-hybridized carbons (Fsp3) is 0.333. The van der Waals surface area contributed by atoms with Gasteiger partial charge in [0.05, 0.1) is 13.1 Å². The molecule has 0 aromatic heterocycles. The largest absolute Gasteiger partial charge is 0.343 e. The lowest BCUT2D eigenvalue weighted by atomic mass is 10.0. The molecule has 1 unspecified atom stereocenters. The second-order valence-electron chi connectivity index (χ2n) is 4.97. The Labute approximate surface area is 127 Å². The van der Waals surface area contributed by atoms with Gasteiger partial charge >= 0.3 is 0 Å². The molecule has 1 fully saturated rings. The molecule has 2 rings (SSSR count). The first-order valence-corrected chi connectivity index (χ1v) is 6.95. The number of imide groups is 1. The van der Waals surface area contributed by atoms with Gasteiger partial charge in [-0.05, 0) is 6.42 Å². The van der Waals surface area contributed by atoms with E-state index in [2.05, 4.69) is 5.32 Å². The lowest BCUT2D eigenvalue weighted by Crippen LogP contribution is -2.56. The number of piperidine rings is 1. The van der Waals surface area contributed by atoms with Crippen LogP contribution in [0, 0.1) is 0 Å². The summed E-state index contributed by atoms with van der Waals surface area (Å²) in [7, 11) is 0. The molecule has 7 heteroatoms. The molecule has 1 saturated heterocycles. The van der Waals surface area contributed by atoms with Crippen molar-refractivity contribution in [1.29, 1.82) is 0 Å². The molecule has 1 aromatic carbocycles. The standard InChI is InChI=1S/C15H17N3O4/c16-8-13(20)17-11-6-7-14(21)18(15(11)22)9-12(19)10-4-2-1-3-5-10/h1-5,11H,6-9,16H2,(H,17,20). The first-order chi connectivity index (χ1) is 10.5. The summed E-state index contributed by atoms with van der Waals surface area (Å²) < 4.78 is 0. The third kappa shape index (κ3) is 3.56. The quantitative estimate of drug-likeness (QED) is 0.561. The maximum atomic E-state index is 12.3. The summed E-state index contributed by atoms with van der Waals surface area (Å²) in [5, 5.41) is 2.46. The predicted octanol–water partition coefficient (Wildman–Crippen LogP) is -0.538. The number of nitrogens with zero attached hydrogens (tertiary/aromatic N) is 1. The van der Waals surface area contributed by atoms with Crippen LogP contribution >= 0.6 is 0 Å². The van der Waals surface area contributed by atoms with Crippen molar-refractivity contribution in [3.8, 4) is 0 Å². The van der Waals surface area contributed by atoms with Crippen molar-refractivity contribution in [2.24, 2.45) is 5.73 Å². The van der Waals surface area contributed by atoms with Gasteiger partial charge in [0.25, 0.3) is 5.91 Å². The molecule has 1 atom stereocenters. The van der Waals surface area contributed by atoms with E-state index in [1.807, 2.05) is 0 Å². The zero-order valence-corrected chi connectivity index (χ0v) is 12.0. The number of carbonyl (C=O) groups is 4. The van der Waals surface area contributed by atoms with Crippen LogP contribution in [0.3, 0.4) is 0 Å². The number of hydrogen-bond acceptors (Lipinski definition) is 5. The molecule has 1 aliphatic rings. The molecule has 1 heterocycles. The number of benzene rings is 1. The van der Waals surface area contributed by atoms with E-state index in [-0.39, 0.29) is 31.7 Å². The van der Waals surface area contributed by atoms with E-state index in [9.17, 15) is 19.2 Å². The number of carbonyl (C=O) groups excluding carboxylic acids is 4. The molecule has 0 spiro atoms. The lowest BCUT2D eigenvalue weighted by molar-refractivity contribution is -0.150. The number of amides is 3. The highest BCUT2D eigenvalue weighted by atomic mass is 16.2. The monoisotopic (exact) mass is 303 g/mol. The van der Waals surface area contributed by atoms with Gasteiger partial charge in [-0.3, -0.25) is 24.1 Å². The van der Waals surface area contributed by atoms with Gasteiger partial charge in [-0.2, -0.15) is 0 Å². The highest BCUT2D eigenvalue weighted by molar-refractivity contribution is 6.07. The molecule has 116 valence electrons. The normalized spacial score (nSPS) is 18.2. The van der Waals surface area contributed by atoms with Crippen LogP contribution in [-0.4, -0.2) is 47.5 Å². The lowest BCUT2D eigenvalue weighted by Gasteiger charge is -2.30. The predicted molar refractivity (Wildman–Crippen MR) is 77.7 cm³/mol. The zero-order chi connectivity index (χ0) is 16.1. The summed E-state index contributed by atoms with van der Waals surface area (Å²) in [6.45, 7) is -0.558. The number of nitrogens with two attached hydrogens (primary N) is 1. The van der Waals surface area contributed by atoms with Crippen molar-refractivity contribution < 1.29 is 19.2 Å². The van der Waals surface area contributed by atoms with Crippen molar-refractivity contribution in [1.82, 2.24) is 10.2 Å². The number of nitrogens with one attached hydrogen (secondary N) is 1. The highest BCUT2D eigenvalue weighted by Gasteiger charge is 2.36. The maximum absolute atomic E-state index is 12.3. The first kappa shape index (κ1) is 15.8. The van der Waals surface area contributed by atoms with Crippen LogP contribution in [0.4, 0.5) is 0 Å². The summed E-state index contributed by atoms with van der Waals surface area (Å²) >= 11 is 0. The van der Waals surface area contributed by atoms with Gasteiger partial charge in [0.15, 0.2) is 5.78 Å². The van der Waals surface area contributed by atoms with E-state index in [0.717, 1.165) is 4.90 Å². The Kier molecular flexibility index (Phi) is 5.00. The number of ketones is 1. The van der Waals surface area contributed by atoms with Gasteiger partial charge in [-0.25, -0.2) is 0 Å². The van der Waals surface area contributed by atoms with E-state index in [1.54, 1.807) is 30.3 Å². The minimum Gasteiger partial charge on any atom is -0.343 e. The highest BCUT2D eigenvalue weighted by Crippen LogP contribution is 2.14. The molecule has 3 N–H and O–H groups in total. The third-order valence-corrected chi connectivity index (χ3v) is 3.43. The Hall–Kier alpha value is -2.54. The molecule has 22 heavy (non-hydrogen) atoms. The average molecular weight is 303 g/mol. The van der Waals surface area contributed by atoms with E-state index in [1.165, 1.54) is 0 Å². The number of likely N-dealkylation sites (tertiary alicyclic amines) is 1. The molecule has 1 aliphatic heterocycles. The zero-order valence-electron chi connectivity index (χ0n) is 12.0. The van der Waals surface area contributed by atoms with E-state index >= 15 is 0 Å². The first-order valence-electron chi connectivity index (χ1n) is 6.95. The summed E-state index contributed by atoms with van der Waals surface area (Å²) in [6.07, 6.45) is 0.322. The minimum absolute atomic E-state index is 0.101. The topological polar surface area (TPSA) is 110 Å². The Morgan fingerprint density at radius 3 is 2.55 bits per heavy atom. The second-order valence-corrected chi connectivity index (χ2v) is 4.97. The van der Waals surface area contributed by atoms with Crippen LogP contribution in [0.1, 0.15) is 23.2 Å². The Bertz CT molecular complexity index is 600. The molecule has 3 amide bonds. The van der Waals surface area contributed by atoms with Gasteiger partial charge in [0, 0.05) is 12.0 Å². The SMILES string of the molecule is NCC(=O)NC1CCC(=O)N(CC(=O)c2ccccc2)C1=O. The van der Waals surface area contributed by atoms with Gasteiger partial charge in [0.2, 0.25) is 11.8 Å². The van der Waals surface area contributed by atoms with Gasteiger partial charge in [0.1, 0.15) is 6.04 Å². The van der Waals surface area contributed by atoms with Crippen LogP contribution in [0.5, 0.6) is 0 Å². The average Bonchev–Trinajstić information content (AvgIpc) is 2.54. The molecule has 0 aliphatic carbocycles. The van der Waals surface area contributed by atoms with Crippen LogP contribution in [0.25, 0.3) is 0 Å². The van der Waals surface area contributed by atoms with Crippen molar-refractivity contribution in [3.63, 3.8) is 0 Å². The van der Waals surface area contributed by atoms with Crippen molar-refractivity contribution in [2.45, 2.75) is 18.9 Å². The summed E-state index contributed by atoms with van der Waals surface area (Å²) in [6, 6.07) is 7.61. The fourth-order valence-electron chi connectivity index (χ4n) is 2.25. The number of Topliss-reactive ketones (excluding diaryl/α,β-unsaturated/α-hetero) is 1.